The molecule has 1 aromatic carbocycles. The lowest BCUT2D eigenvalue weighted by atomic mass is 9.98. The van der Waals surface area contributed by atoms with Crippen LogP contribution in [-0.4, -0.2) is 60.3 Å². The van der Waals surface area contributed by atoms with Gasteiger partial charge in [-0.15, -0.1) is 0 Å². The molecular formula is C19H24O9. The zero-order valence-electron chi connectivity index (χ0n) is 15.9. The van der Waals surface area contributed by atoms with Crippen LogP contribution >= 0.6 is 0 Å². The second kappa shape index (κ2) is 10.2. The standard InChI is InChI=1S/C19H24O9/c1-11(20)24-10-15-16(26-12(2)21)17(27-13(3)22)18(19(23)28-15)25-9-14-7-5-4-6-8-14/h4-8,15-19,23H,9-10H2,1-3H3/t15-,16+,17-,18-,19+/m1/s1. The lowest BCUT2D eigenvalue weighted by Gasteiger charge is -2.43. The summed E-state index contributed by atoms with van der Waals surface area (Å²) in [5.74, 6) is -1.89. The van der Waals surface area contributed by atoms with Crippen LogP contribution in [0.5, 0.6) is 0 Å². The second-order valence-corrected chi connectivity index (χ2v) is 6.28. The maximum Gasteiger partial charge on any atom is 0.303 e. The van der Waals surface area contributed by atoms with Crippen molar-refractivity contribution in [3.63, 3.8) is 0 Å². The number of aliphatic hydroxyl groups excluding tert-OH is 1. The number of ether oxygens (including phenoxy) is 5. The Bertz CT molecular complexity index is 675. The number of hydrogen-bond donors (Lipinski definition) is 1. The highest BCUT2D eigenvalue weighted by Crippen LogP contribution is 2.28. The van der Waals surface area contributed by atoms with Gasteiger partial charge in [0, 0.05) is 20.8 Å². The molecule has 154 valence electrons. The zero-order chi connectivity index (χ0) is 20.7. The van der Waals surface area contributed by atoms with E-state index < -0.39 is 48.6 Å². The number of aliphatic hydroxyl groups is 1. The van der Waals surface area contributed by atoms with E-state index in [1.165, 1.54) is 20.8 Å². The summed E-state index contributed by atoms with van der Waals surface area (Å²) in [5, 5.41) is 10.4. The maximum atomic E-state index is 11.6. The third-order valence-electron chi connectivity index (χ3n) is 3.95. The molecule has 0 unspecified atom stereocenters. The van der Waals surface area contributed by atoms with Gasteiger partial charge in [-0.25, -0.2) is 0 Å². The Kier molecular flexibility index (Phi) is 7.91. The van der Waals surface area contributed by atoms with Crippen LogP contribution in [0.4, 0.5) is 0 Å². The van der Waals surface area contributed by atoms with Crippen molar-refractivity contribution in [2.24, 2.45) is 0 Å². The lowest BCUT2D eigenvalue weighted by molar-refractivity contribution is -0.303. The molecule has 1 heterocycles. The molecule has 1 N–H and O–H groups in total. The molecule has 0 spiro atoms. The van der Waals surface area contributed by atoms with Crippen molar-refractivity contribution in [2.75, 3.05) is 6.61 Å². The fourth-order valence-corrected chi connectivity index (χ4v) is 2.83. The molecule has 9 nitrogen and oxygen atoms in total. The lowest BCUT2D eigenvalue weighted by Crippen LogP contribution is -2.62. The Labute approximate surface area is 162 Å². The molecule has 0 radical (unpaired) electrons. The molecule has 0 saturated carbocycles. The predicted molar refractivity (Wildman–Crippen MR) is 93.6 cm³/mol. The molecule has 9 heteroatoms. The fraction of sp³-hybridized carbons (Fsp3) is 0.526. The molecule has 0 amide bonds. The third kappa shape index (κ3) is 6.29. The van der Waals surface area contributed by atoms with Gasteiger partial charge in [-0.3, -0.25) is 14.4 Å². The summed E-state index contributed by atoms with van der Waals surface area (Å²) in [6, 6.07) is 9.15. The molecule has 28 heavy (non-hydrogen) atoms. The van der Waals surface area contributed by atoms with Crippen LogP contribution in [0.1, 0.15) is 26.3 Å². The summed E-state index contributed by atoms with van der Waals surface area (Å²) in [5.41, 5.74) is 0.822. The van der Waals surface area contributed by atoms with Crippen LogP contribution in [0.3, 0.4) is 0 Å². The predicted octanol–water partition coefficient (Wildman–Crippen LogP) is 0.715. The van der Waals surface area contributed by atoms with E-state index in [2.05, 4.69) is 0 Å². The Morgan fingerprint density at radius 3 is 2.11 bits per heavy atom. The Morgan fingerprint density at radius 2 is 1.54 bits per heavy atom. The maximum absolute atomic E-state index is 11.6. The van der Waals surface area contributed by atoms with Crippen molar-refractivity contribution in [2.45, 2.75) is 58.1 Å². The largest absolute Gasteiger partial charge is 0.463 e. The van der Waals surface area contributed by atoms with Crippen LogP contribution in [0.2, 0.25) is 0 Å². The third-order valence-corrected chi connectivity index (χ3v) is 3.95. The molecule has 1 saturated heterocycles. The van der Waals surface area contributed by atoms with Crippen molar-refractivity contribution in [3.8, 4) is 0 Å². The average Bonchev–Trinajstić information content (AvgIpc) is 2.62. The van der Waals surface area contributed by atoms with Gasteiger partial charge in [-0.05, 0) is 5.56 Å². The van der Waals surface area contributed by atoms with Crippen molar-refractivity contribution >= 4 is 17.9 Å². The van der Waals surface area contributed by atoms with Crippen LogP contribution < -0.4 is 0 Å². The Hall–Kier alpha value is -2.49. The fourth-order valence-electron chi connectivity index (χ4n) is 2.83. The smallest absolute Gasteiger partial charge is 0.303 e. The first kappa shape index (κ1) is 21.8. The van der Waals surface area contributed by atoms with Gasteiger partial charge in [0.15, 0.2) is 18.5 Å². The molecule has 0 aliphatic carbocycles. The van der Waals surface area contributed by atoms with E-state index in [-0.39, 0.29) is 13.2 Å². The number of rotatable bonds is 7. The molecular weight excluding hydrogens is 372 g/mol. The van der Waals surface area contributed by atoms with Crippen molar-refractivity contribution in [3.05, 3.63) is 35.9 Å². The summed E-state index contributed by atoms with van der Waals surface area (Å²) >= 11 is 0. The van der Waals surface area contributed by atoms with Crippen molar-refractivity contribution < 1.29 is 43.2 Å². The van der Waals surface area contributed by atoms with Crippen LogP contribution in [0.15, 0.2) is 30.3 Å². The highest BCUT2D eigenvalue weighted by molar-refractivity contribution is 5.67. The Balaban J connectivity index is 2.22. The van der Waals surface area contributed by atoms with Gasteiger partial charge < -0.3 is 28.8 Å². The normalized spacial score (nSPS) is 26.9. The van der Waals surface area contributed by atoms with E-state index in [0.717, 1.165) is 5.56 Å². The SMILES string of the molecule is CC(=O)OC[C@H]1O[C@H](O)[C@H](OCc2ccccc2)[C@H](OC(C)=O)[C@H]1OC(C)=O. The highest BCUT2D eigenvalue weighted by Gasteiger charge is 2.50. The first-order valence-corrected chi connectivity index (χ1v) is 8.74. The topological polar surface area (TPSA) is 118 Å². The van der Waals surface area contributed by atoms with Gasteiger partial charge in [0.1, 0.15) is 18.8 Å². The summed E-state index contributed by atoms with van der Waals surface area (Å²) in [4.78, 5) is 34.3. The van der Waals surface area contributed by atoms with Gasteiger partial charge in [-0.2, -0.15) is 0 Å². The summed E-state index contributed by atoms with van der Waals surface area (Å²) in [7, 11) is 0. The minimum atomic E-state index is -1.50. The minimum absolute atomic E-state index is 0.102. The van der Waals surface area contributed by atoms with Crippen molar-refractivity contribution in [1.29, 1.82) is 0 Å². The average molecular weight is 396 g/mol. The van der Waals surface area contributed by atoms with Crippen LogP contribution in [0.25, 0.3) is 0 Å². The van der Waals surface area contributed by atoms with Gasteiger partial charge >= 0.3 is 17.9 Å². The quantitative estimate of drug-likeness (QED) is 0.525. The monoisotopic (exact) mass is 396 g/mol. The number of hydrogen-bond acceptors (Lipinski definition) is 9. The molecule has 0 aromatic heterocycles. The van der Waals surface area contributed by atoms with Crippen molar-refractivity contribution in [1.82, 2.24) is 0 Å². The van der Waals surface area contributed by atoms with E-state index in [1.807, 2.05) is 30.3 Å². The zero-order valence-corrected chi connectivity index (χ0v) is 15.9. The molecule has 5 atom stereocenters. The second-order valence-electron chi connectivity index (χ2n) is 6.28. The Morgan fingerprint density at radius 1 is 0.929 bits per heavy atom. The molecule has 1 aromatic rings. The van der Waals surface area contributed by atoms with Crippen LogP contribution in [0, 0.1) is 0 Å². The number of esters is 3. The molecule has 1 aliphatic rings. The summed E-state index contributed by atoms with van der Waals surface area (Å²) in [6.45, 7) is 3.37. The van der Waals surface area contributed by atoms with E-state index >= 15 is 0 Å². The van der Waals surface area contributed by atoms with E-state index in [1.54, 1.807) is 0 Å². The molecule has 1 aliphatic heterocycles. The first-order chi connectivity index (χ1) is 13.3. The van der Waals surface area contributed by atoms with Gasteiger partial charge in [0.25, 0.3) is 0 Å². The molecule has 0 bridgehead atoms. The minimum Gasteiger partial charge on any atom is -0.463 e. The van der Waals surface area contributed by atoms with Crippen LogP contribution in [-0.2, 0) is 44.7 Å². The number of benzene rings is 1. The van der Waals surface area contributed by atoms with Gasteiger partial charge in [-0.1, -0.05) is 30.3 Å². The van der Waals surface area contributed by atoms with E-state index in [4.69, 9.17) is 23.7 Å². The molecule has 1 fully saturated rings. The van der Waals surface area contributed by atoms with E-state index in [0.29, 0.717) is 0 Å². The van der Waals surface area contributed by atoms with E-state index in [9.17, 15) is 19.5 Å². The highest BCUT2D eigenvalue weighted by atomic mass is 16.7. The number of carbonyl (C=O) groups is 3. The number of carbonyl (C=O) groups excluding carboxylic acids is 3. The molecule has 2 rings (SSSR count). The summed E-state index contributed by atoms with van der Waals surface area (Å²) < 4.78 is 26.6. The van der Waals surface area contributed by atoms with Gasteiger partial charge in [0.05, 0.1) is 6.61 Å². The first-order valence-electron chi connectivity index (χ1n) is 8.74. The summed E-state index contributed by atoms with van der Waals surface area (Å²) in [6.07, 6.45) is -5.95. The van der Waals surface area contributed by atoms with Gasteiger partial charge in [0.2, 0.25) is 0 Å².